The van der Waals surface area contributed by atoms with Crippen molar-refractivity contribution in [2.24, 2.45) is 0 Å². The number of anilines is 1. The Morgan fingerprint density at radius 2 is 2.00 bits per heavy atom. The van der Waals surface area contributed by atoms with Crippen LogP contribution in [0.15, 0.2) is 47.6 Å². The standard InChI is InChI=1S/C22H23ClN4O3S/c1-4-27-20(12-30-18-8-9-19(23)14(2)10-18)25-26-22(27)31-13-21(29)24-17-7-5-6-16(11-17)15(3)28/h5-11H,4,12-13H2,1-3H3,(H,24,29). The van der Waals surface area contributed by atoms with Crippen molar-refractivity contribution in [2.45, 2.75) is 39.1 Å². The number of ketones is 1. The van der Waals surface area contributed by atoms with Crippen LogP contribution >= 0.6 is 23.4 Å². The fraction of sp³-hybridized carbons (Fsp3) is 0.273. The number of aryl methyl sites for hydroxylation is 1. The molecule has 0 fully saturated rings. The number of hydrogen-bond donors (Lipinski definition) is 1. The van der Waals surface area contributed by atoms with E-state index in [0.29, 0.717) is 39.5 Å². The second-order valence-electron chi connectivity index (χ2n) is 6.82. The van der Waals surface area contributed by atoms with Crippen molar-refractivity contribution in [1.82, 2.24) is 14.8 Å². The van der Waals surface area contributed by atoms with Gasteiger partial charge in [-0.05, 0) is 56.7 Å². The molecule has 0 radical (unpaired) electrons. The molecule has 3 rings (SSSR count). The van der Waals surface area contributed by atoms with Crippen LogP contribution < -0.4 is 10.1 Å². The molecule has 9 heteroatoms. The normalized spacial score (nSPS) is 10.7. The highest BCUT2D eigenvalue weighted by Gasteiger charge is 2.14. The van der Waals surface area contributed by atoms with Crippen molar-refractivity contribution in [2.75, 3.05) is 11.1 Å². The molecule has 0 bridgehead atoms. The highest BCUT2D eigenvalue weighted by molar-refractivity contribution is 7.99. The number of carbonyl (C=O) groups excluding carboxylic acids is 2. The number of halogens is 1. The fourth-order valence-corrected chi connectivity index (χ4v) is 3.79. The lowest BCUT2D eigenvalue weighted by Crippen LogP contribution is -2.15. The van der Waals surface area contributed by atoms with Gasteiger partial charge in [-0.15, -0.1) is 10.2 Å². The average Bonchev–Trinajstić information content (AvgIpc) is 3.15. The minimum absolute atomic E-state index is 0.0509. The summed E-state index contributed by atoms with van der Waals surface area (Å²) in [5.41, 5.74) is 2.08. The molecule has 0 aliphatic rings. The van der Waals surface area contributed by atoms with Gasteiger partial charge in [0.15, 0.2) is 16.8 Å². The summed E-state index contributed by atoms with van der Waals surface area (Å²) in [5.74, 6) is 1.30. The zero-order valence-electron chi connectivity index (χ0n) is 17.5. The highest BCUT2D eigenvalue weighted by atomic mass is 35.5. The lowest BCUT2D eigenvalue weighted by molar-refractivity contribution is -0.113. The van der Waals surface area contributed by atoms with Crippen molar-refractivity contribution in [3.8, 4) is 5.75 Å². The Hall–Kier alpha value is -2.84. The SMILES string of the molecule is CCn1c(COc2ccc(Cl)c(C)c2)nnc1SCC(=O)Nc1cccc(C(C)=O)c1. The number of thioether (sulfide) groups is 1. The van der Waals surface area contributed by atoms with E-state index in [-0.39, 0.29) is 24.1 Å². The largest absolute Gasteiger partial charge is 0.486 e. The van der Waals surface area contributed by atoms with E-state index in [4.69, 9.17) is 16.3 Å². The summed E-state index contributed by atoms with van der Waals surface area (Å²) >= 11 is 7.34. The Bertz CT molecular complexity index is 1100. The summed E-state index contributed by atoms with van der Waals surface area (Å²) in [4.78, 5) is 23.8. The summed E-state index contributed by atoms with van der Waals surface area (Å²) in [6, 6.07) is 12.3. The van der Waals surface area contributed by atoms with Crippen LogP contribution in [0.5, 0.6) is 5.75 Å². The number of ether oxygens (including phenoxy) is 1. The molecule has 1 N–H and O–H groups in total. The molecule has 2 aromatic carbocycles. The molecule has 0 saturated heterocycles. The first-order valence-corrected chi connectivity index (χ1v) is 11.1. The molecule has 1 heterocycles. The molecule has 0 aliphatic carbocycles. The summed E-state index contributed by atoms with van der Waals surface area (Å²) in [5, 5.41) is 12.5. The molecular formula is C22H23ClN4O3S. The molecule has 1 amide bonds. The maximum absolute atomic E-state index is 12.3. The Kier molecular flexibility index (Phi) is 7.70. The number of nitrogens with one attached hydrogen (secondary N) is 1. The number of benzene rings is 2. The fourth-order valence-electron chi connectivity index (χ4n) is 2.85. The van der Waals surface area contributed by atoms with E-state index in [0.717, 1.165) is 5.56 Å². The second-order valence-corrected chi connectivity index (χ2v) is 8.17. The van der Waals surface area contributed by atoms with Gasteiger partial charge in [0.05, 0.1) is 5.75 Å². The van der Waals surface area contributed by atoms with Gasteiger partial charge in [0.2, 0.25) is 5.91 Å². The van der Waals surface area contributed by atoms with Gasteiger partial charge in [-0.2, -0.15) is 0 Å². The zero-order valence-corrected chi connectivity index (χ0v) is 19.1. The van der Waals surface area contributed by atoms with Crippen LogP contribution in [0.1, 0.15) is 35.6 Å². The Morgan fingerprint density at radius 3 is 2.71 bits per heavy atom. The van der Waals surface area contributed by atoms with Crippen LogP contribution in [0.3, 0.4) is 0 Å². The molecule has 3 aromatic rings. The van der Waals surface area contributed by atoms with E-state index in [1.165, 1.54) is 18.7 Å². The van der Waals surface area contributed by atoms with Crippen molar-refractivity contribution >= 4 is 40.7 Å². The minimum Gasteiger partial charge on any atom is -0.486 e. The maximum atomic E-state index is 12.3. The number of aromatic nitrogens is 3. The first-order valence-electron chi connectivity index (χ1n) is 9.72. The molecule has 0 unspecified atom stereocenters. The van der Waals surface area contributed by atoms with E-state index in [1.807, 2.05) is 30.5 Å². The number of amides is 1. The maximum Gasteiger partial charge on any atom is 0.234 e. The van der Waals surface area contributed by atoms with Crippen molar-refractivity contribution in [3.05, 3.63) is 64.4 Å². The number of Topliss-reactive ketones (excluding diaryl/α,β-unsaturated/α-hetero) is 1. The molecule has 31 heavy (non-hydrogen) atoms. The predicted molar refractivity (Wildman–Crippen MR) is 122 cm³/mol. The van der Waals surface area contributed by atoms with Crippen molar-refractivity contribution in [1.29, 1.82) is 0 Å². The lowest BCUT2D eigenvalue weighted by atomic mass is 10.1. The van der Waals surface area contributed by atoms with Gasteiger partial charge in [0.1, 0.15) is 12.4 Å². The van der Waals surface area contributed by atoms with E-state index in [1.54, 1.807) is 30.3 Å². The first-order chi connectivity index (χ1) is 14.9. The number of carbonyl (C=O) groups is 2. The summed E-state index contributed by atoms with van der Waals surface area (Å²) < 4.78 is 7.73. The number of hydrogen-bond acceptors (Lipinski definition) is 6. The van der Waals surface area contributed by atoms with E-state index < -0.39 is 0 Å². The Labute approximate surface area is 190 Å². The minimum atomic E-state index is -0.189. The summed E-state index contributed by atoms with van der Waals surface area (Å²) in [7, 11) is 0. The van der Waals surface area contributed by atoms with Gasteiger partial charge in [0, 0.05) is 22.8 Å². The molecule has 7 nitrogen and oxygen atoms in total. The number of rotatable bonds is 9. The van der Waals surface area contributed by atoms with Crippen molar-refractivity contribution in [3.63, 3.8) is 0 Å². The third-order valence-electron chi connectivity index (χ3n) is 4.49. The van der Waals surface area contributed by atoms with Gasteiger partial charge in [-0.1, -0.05) is 35.5 Å². The van der Waals surface area contributed by atoms with Gasteiger partial charge in [-0.25, -0.2) is 0 Å². The van der Waals surface area contributed by atoms with Crippen LogP contribution in [-0.2, 0) is 17.9 Å². The van der Waals surface area contributed by atoms with Gasteiger partial charge in [0.25, 0.3) is 0 Å². The molecule has 0 spiro atoms. The molecular weight excluding hydrogens is 436 g/mol. The van der Waals surface area contributed by atoms with E-state index in [2.05, 4.69) is 15.5 Å². The van der Waals surface area contributed by atoms with Crippen LogP contribution in [0, 0.1) is 6.92 Å². The first kappa shape index (κ1) is 22.8. The topological polar surface area (TPSA) is 86.1 Å². The van der Waals surface area contributed by atoms with Gasteiger partial charge >= 0.3 is 0 Å². The van der Waals surface area contributed by atoms with Crippen LogP contribution in [0.2, 0.25) is 5.02 Å². The quantitative estimate of drug-likeness (QED) is 0.367. The molecule has 0 aliphatic heterocycles. The average molecular weight is 459 g/mol. The predicted octanol–water partition coefficient (Wildman–Crippen LogP) is 4.77. The van der Waals surface area contributed by atoms with Crippen LogP contribution in [0.4, 0.5) is 5.69 Å². The second kappa shape index (κ2) is 10.5. The van der Waals surface area contributed by atoms with Crippen LogP contribution in [-0.4, -0.2) is 32.2 Å². The van der Waals surface area contributed by atoms with Crippen LogP contribution in [0.25, 0.3) is 0 Å². The van der Waals surface area contributed by atoms with E-state index >= 15 is 0 Å². The summed E-state index contributed by atoms with van der Waals surface area (Å²) in [6.45, 7) is 6.29. The number of nitrogens with zero attached hydrogens (tertiary/aromatic N) is 3. The zero-order chi connectivity index (χ0) is 22.4. The van der Waals surface area contributed by atoms with E-state index in [9.17, 15) is 9.59 Å². The summed E-state index contributed by atoms with van der Waals surface area (Å²) in [6.07, 6.45) is 0. The Balaban J connectivity index is 1.58. The van der Waals surface area contributed by atoms with Gasteiger partial charge < -0.3 is 14.6 Å². The lowest BCUT2D eigenvalue weighted by Gasteiger charge is -2.10. The van der Waals surface area contributed by atoms with Gasteiger partial charge in [-0.3, -0.25) is 9.59 Å². The monoisotopic (exact) mass is 458 g/mol. The smallest absolute Gasteiger partial charge is 0.234 e. The third kappa shape index (κ3) is 6.08. The molecule has 0 atom stereocenters. The Morgan fingerprint density at radius 1 is 1.19 bits per heavy atom. The molecule has 1 aromatic heterocycles. The highest BCUT2D eigenvalue weighted by Crippen LogP contribution is 2.23. The molecule has 162 valence electrons. The third-order valence-corrected chi connectivity index (χ3v) is 5.88. The molecule has 0 saturated carbocycles. The van der Waals surface area contributed by atoms with Crippen molar-refractivity contribution < 1.29 is 14.3 Å².